The summed E-state index contributed by atoms with van der Waals surface area (Å²) < 4.78 is 14.7. The molecule has 2 aliphatic rings. The SMILES string of the molecule is CN1C(=O)c2ccccc2N2C(=O)CCC12C(=O)Nc1ccc(Br)cc1F. The molecule has 27 heavy (non-hydrogen) atoms. The molecule has 1 N–H and O–H groups in total. The Morgan fingerprint density at radius 2 is 1.96 bits per heavy atom. The van der Waals surface area contributed by atoms with Crippen molar-refractivity contribution in [2.75, 3.05) is 17.3 Å². The van der Waals surface area contributed by atoms with E-state index in [1.165, 1.54) is 29.0 Å². The van der Waals surface area contributed by atoms with Gasteiger partial charge in [-0.25, -0.2) is 4.39 Å². The zero-order chi connectivity index (χ0) is 19.3. The molecule has 1 unspecified atom stereocenters. The fourth-order valence-corrected chi connectivity index (χ4v) is 4.07. The highest BCUT2D eigenvalue weighted by Crippen LogP contribution is 2.44. The second-order valence-electron chi connectivity index (χ2n) is 6.51. The normalized spacial score (nSPS) is 21.1. The Labute approximate surface area is 163 Å². The number of halogens is 2. The minimum atomic E-state index is -1.53. The average Bonchev–Trinajstić information content (AvgIpc) is 3.01. The molecule has 2 heterocycles. The molecule has 6 nitrogen and oxygen atoms in total. The van der Waals surface area contributed by atoms with Gasteiger partial charge in [-0.05, 0) is 30.3 Å². The van der Waals surface area contributed by atoms with Crippen molar-refractivity contribution in [2.45, 2.75) is 18.5 Å². The van der Waals surface area contributed by atoms with E-state index < -0.39 is 17.4 Å². The van der Waals surface area contributed by atoms with Crippen molar-refractivity contribution >= 4 is 45.0 Å². The predicted molar refractivity (Wildman–Crippen MR) is 101 cm³/mol. The van der Waals surface area contributed by atoms with Crippen LogP contribution >= 0.6 is 15.9 Å². The number of likely N-dealkylation sites (N-methyl/N-ethyl adjacent to an activating group) is 1. The zero-order valence-corrected chi connectivity index (χ0v) is 15.9. The van der Waals surface area contributed by atoms with Crippen LogP contribution in [-0.2, 0) is 9.59 Å². The number of carbonyl (C=O) groups excluding carboxylic acids is 3. The Balaban J connectivity index is 1.81. The van der Waals surface area contributed by atoms with Crippen LogP contribution in [0.4, 0.5) is 15.8 Å². The maximum absolute atomic E-state index is 14.2. The summed E-state index contributed by atoms with van der Waals surface area (Å²) in [6.07, 6.45) is 0.245. The topological polar surface area (TPSA) is 69.7 Å². The van der Waals surface area contributed by atoms with Gasteiger partial charge in [0.15, 0.2) is 0 Å². The van der Waals surface area contributed by atoms with Crippen LogP contribution in [0.3, 0.4) is 0 Å². The summed E-state index contributed by atoms with van der Waals surface area (Å²) in [5, 5.41) is 2.55. The first-order valence-corrected chi connectivity index (χ1v) is 9.12. The van der Waals surface area contributed by atoms with Crippen LogP contribution in [0.15, 0.2) is 46.9 Å². The van der Waals surface area contributed by atoms with Crippen molar-refractivity contribution in [3.05, 3.63) is 58.3 Å². The second kappa shape index (κ2) is 6.16. The molecule has 1 saturated heterocycles. The van der Waals surface area contributed by atoms with E-state index in [1.54, 1.807) is 30.3 Å². The van der Waals surface area contributed by atoms with E-state index in [0.29, 0.717) is 15.7 Å². The Bertz CT molecular complexity index is 996. The van der Waals surface area contributed by atoms with Crippen molar-refractivity contribution in [2.24, 2.45) is 0 Å². The summed E-state index contributed by atoms with van der Waals surface area (Å²) in [6, 6.07) is 10.9. The van der Waals surface area contributed by atoms with Crippen molar-refractivity contribution in [3.8, 4) is 0 Å². The summed E-state index contributed by atoms with van der Waals surface area (Å²) in [4.78, 5) is 41.4. The van der Waals surface area contributed by atoms with Gasteiger partial charge in [0, 0.05) is 24.4 Å². The molecule has 1 fully saturated rings. The molecule has 3 amide bonds. The van der Waals surface area contributed by atoms with Crippen LogP contribution in [0, 0.1) is 5.82 Å². The molecular weight excluding hydrogens is 417 g/mol. The smallest absolute Gasteiger partial charge is 0.271 e. The first-order valence-electron chi connectivity index (χ1n) is 8.33. The van der Waals surface area contributed by atoms with E-state index in [0.717, 1.165) is 0 Å². The van der Waals surface area contributed by atoms with Gasteiger partial charge in [0.1, 0.15) is 5.82 Å². The van der Waals surface area contributed by atoms with E-state index in [-0.39, 0.29) is 30.3 Å². The number of amides is 3. The quantitative estimate of drug-likeness (QED) is 0.793. The number of anilines is 2. The van der Waals surface area contributed by atoms with E-state index in [9.17, 15) is 18.8 Å². The van der Waals surface area contributed by atoms with Crippen LogP contribution < -0.4 is 10.2 Å². The highest BCUT2D eigenvalue weighted by atomic mass is 79.9. The number of hydrogen-bond donors (Lipinski definition) is 1. The third-order valence-corrected chi connectivity index (χ3v) is 5.58. The molecule has 2 aromatic rings. The highest BCUT2D eigenvalue weighted by molar-refractivity contribution is 9.10. The Morgan fingerprint density at radius 1 is 1.22 bits per heavy atom. The summed E-state index contributed by atoms with van der Waals surface area (Å²) >= 11 is 3.17. The van der Waals surface area contributed by atoms with Gasteiger partial charge in [0.05, 0.1) is 16.9 Å². The minimum Gasteiger partial charge on any atom is -0.320 e. The van der Waals surface area contributed by atoms with Gasteiger partial charge in [-0.2, -0.15) is 0 Å². The standard InChI is InChI=1S/C19H15BrFN3O3/c1-23-17(26)12-4-2-3-5-15(12)24-16(25)8-9-19(23,24)18(27)22-14-7-6-11(20)10-13(14)21/h2-7,10H,8-9H2,1H3,(H,22,27). The number of nitrogens with one attached hydrogen (secondary N) is 1. The second-order valence-corrected chi connectivity index (χ2v) is 7.42. The minimum absolute atomic E-state index is 0.0171. The van der Waals surface area contributed by atoms with Crippen LogP contribution in [0.5, 0.6) is 0 Å². The number of benzene rings is 2. The van der Waals surface area contributed by atoms with Crippen molar-refractivity contribution in [1.82, 2.24) is 4.90 Å². The van der Waals surface area contributed by atoms with Gasteiger partial charge < -0.3 is 10.2 Å². The molecule has 0 aliphatic carbocycles. The molecule has 0 saturated carbocycles. The lowest BCUT2D eigenvalue weighted by Crippen LogP contribution is -2.68. The molecule has 0 radical (unpaired) electrons. The lowest BCUT2D eigenvalue weighted by Gasteiger charge is -2.47. The van der Waals surface area contributed by atoms with Crippen LogP contribution in [-0.4, -0.2) is 35.3 Å². The molecule has 1 atom stereocenters. The van der Waals surface area contributed by atoms with Crippen molar-refractivity contribution < 1.29 is 18.8 Å². The lowest BCUT2D eigenvalue weighted by molar-refractivity contribution is -0.128. The Morgan fingerprint density at radius 3 is 2.70 bits per heavy atom. The van der Waals surface area contributed by atoms with Crippen LogP contribution in [0.1, 0.15) is 23.2 Å². The van der Waals surface area contributed by atoms with Gasteiger partial charge in [-0.15, -0.1) is 0 Å². The Hall–Kier alpha value is -2.74. The monoisotopic (exact) mass is 431 g/mol. The highest BCUT2D eigenvalue weighted by Gasteiger charge is 2.59. The average molecular weight is 432 g/mol. The molecular formula is C19H15BrFN3O3. The van der Waals surface area contributed by atoms with Crippen molar-refractivity contribution in [1.29, 1.82) is 0 Å². The molecule has 0 aromatic heterocycles. The zero-order valence-electron chi connectivity index (χ0n) is 14.3. The van der Waals surface area contributed by atoms with Gasteiger partial charge in [-0.3, -0.25) is 19.3 Å². The summed E-state index contributed by atoms with van der Waals surface area (Å²) in [6.45, 7) is 0. The number of fused-ring (bicyclic) bond motifs is 3. The Kier molecular flexibility index (Phi) is 4.03. The summed E-state index contributed by atoms with van der Waals surface area (Å²) in [5.74, 6) is -1.86. The van der Waals surface area contributed by atoms with Gasteiger partial charge in [0.2, 0.25) is 11.6 Å². The number of nitrogens with zero attached hydrogens (tertiary/aromatic N) is 2. The maximum atomic E-state index is 14.2. The third-order valence-electron chi connectivity index (χ3n) is 5.08. The molecule has 2 aromatic carbocycles. The van der Waals surface area contributed by atoms with E-state index in [4.69, 9.17) is 0 Å². The maximum Gasteiger partial charge on any atom is 0.271 e. The van der Waals surface area contributed by atoms with Gasteiger partial charge >= 0.3 is 0 Å². The molecule has 138 valence electrons. The van der Waals surface area contributed by atoms with Crippen LogP contribution in [0.25, 0.3) is 0 Å². The van der Waals surface area contributed by atoms with Gasteiger partial charge in [-0.1, -0.05) is 28.1 Å². The first kappa shape index (κ1) is 17.7. The molecule has 2 aliphatic heterocycles. The lowest BCUT2D eigenvalue weighted by atomic mass is 9.96. The molecule has 0 spiro atoms. The van der Waals surface area contributed by atoms with E-state index in [1.807, 2.05) is 0 Å². The van der Waals surface area contributed by atoms with Gasteiger partial charge in [0.25, 0.3) is 11.8 Å². The van der Waals surface area contributed by atoms with E-state index in [2.05, 4.69) is 21.2 Å². The fraction of sp³-hybridized carbons (Fsp3) is 0.211. The third kappa shape index (κ3) is 2.47. The van der Waals surface area contributed by atoms with Crippen LogP contribution in [0.2, 0.25) is 0 Å². The summed E-state index contributed by atoms with van der Waals surface area (Å²) in [7, 11) is 1.49. The fourth-order valence-electron chi connectivity index (χ4n) is 3.74. The number of para-hydroxylation sites is 1. The number of carbonyl (C=O) groups is 3. The largest absolute Gasteiger partial charge is 0.320 e. The first-order chi connectivity index (χ1) is 12.9. The molecule has 0 bridgehead atoms. The summed E-state index contributed by atoms with van der Waals surface area (Å²) in [5.41, 5.74) is -0.790. The predicted octanol–water partition coefficient (Wildman–Crippen LogP) is 3.14. The molecule has 8 heteroatoms. The molecule has 4 rings (SSSR count). The van der Waals surface area contributed by atoms with Crippen molar-refractivity contribution in [3.63, 3.8) is 0 Å². The number of hydrogen-bond acceptors (Lipinski definition) is 3. The van der Waals surface area contributed by atoms with E-state index >= 15 is 0 Å². The number of rotatable bonds is 2.